The van der Waals surface area contributed by atoms with Gasteiger partial charge in [0.05, 0.1) is 7.11 Å². The molecule has 1 aromatic carbocycles. The van der Waals surface area contributed by atoms with Crippen molar-refractivity contribution in [3.63, 3.8) is 0 Å². The van der Waals surface area contributed by atoms with Gasteiger partial charge in [-0.1, -0.05) is 6.07 Å². The smallest absolute Gasteiger partial charge is 0.246 e. The Balaban J connectivity index is 2.33. The van der Waals surface area contributed by atoms with Gasteiger partial charge in [-0.2, -0.15) is 4.31 Å². The van der Waals surface area contributed by atoms with Crippen molar-refractivity contribution < 1.29 is 18.3 Å². The summed E-state index contributed by atoms with van der Waals surface area (Å²) in [7, 11) is 1.78. The third-order valence-corrected chi connectivity index (χ3v) is 6.28. The number of hydrogen-bond donors (Lipinski definition) is 1. The van der Waals surface area contributed by atoms with E-state index < -0.39 is 10.0 Å². The second kappa shape index (κ2) is 7.82. The van der Waals surface area contributed by atoms with Crippen LogP contribution < -0.4 is 4.74 Å². The average Bonchev–Trinajstić information content (AvgIpc) is 2.53. The molecular weight excluding hydrogens is 328 g/mol. The lowest BCUT2D eigenvalue weighted by molar-refractivity contribution is 0.117. The van der Waals surface area contributed by atoms with Gasteiger partial charge in [-0.05, 0) is 57.0 Å². The van der Waals surface area contributed by atoms with Crippen LogP contribution >= 0.6 is 0 Å². The van der Waals surface area contributed by atoms with Crippen LogP contribution in [0.25, 0.3) is 0 Å². The van der Waals surface area contributed by atoms with Gasteiger partial charge in [0.1, 0.15) is 10.6 Å². The highest BCUT2D eigenvalue weighted by Crippen LogP contribution is 2.32. The molecular formula is C17H28N2O4S. The van der Waals surface area contributed by atoms with Gasteiger partial charge in [0, 0.05) is 26.2 Å². The van der Waals surface area contributed by atoms with Crippen LogP contribution in [0.1, 0.15) is 12.0 Å². The molecule has 24 heavy (non-hydrogen) atoms. The number of benzene rings is 1. The normalized spacial score (nSPS) is 22.8. The number of ether oxygens (including phenoxy) is 1. The molecule has 1 heterocycles. The molecule has 0 saturated carbocycles. The Labute approximate surface area is 145 Å². The van der Waals surface area contributed by atoms with Crippen molar-refractivity contribution >= 4 is 10.0 Å². The summed E-state index contributed by atoms with van der Waals surface area (Å²) < 4.78 is 33.0. The molecule has 0 bridgehead atoms. The summed E-state index contributed by atoms with van der Waals surface area (Å²) in [4.78, 5) is 2.25. The maximum atomic E-state index is 13.1. The van der Waals surface area contributed by atoms with Crippen LogP contribution in [0.4, 0.5) is 0 Å². The molecule has 0 spiro atoms. The second-order valence-corrected chi connectivity index (χ2v) is 8.80. The fraction of sp³-hybridized carbons (Fsp3) is 0.647. The van der Waals surface area contributed by atoms with E-state index in [2.05, 4.69) is 4.90 Å². The van der Waals surface area contributed by atoms with E-state index in [0.29, 0.717) is 18.8 Å². The van der Waals surface area contributed by atoms with Gasteiger partial charge < -0.3 is 14.7 Å². The van der Waals surface area contributed by atoms with E-state index in [1.165, 1.54) is 11.4 Å². The molecule has 0 amide bonds. The summed E-state index contributed by atoms with van der Waals surface area (Å²) >= 11 is 0. The summed E-state index contributed by atoms with van der Waals surface area (Å²) in [6.07, 6.45) is 0.839. The molecule has 0 aromatic heterocycles. The van der Waals surface area contributed by atoms with Crippen molar-refractivity contribution in [2.24, 2.45) is 11.8 Å². The Morgan fingerprint density at radius 1 is 1.29 bits per heavy atom. The maximum absolute atomic E-state index is 13.1. The lowest BCUT2D eigenvalue weighted by atomic mass is 9.91. The van der Waals surface area contributed by atoms with Crippen molar-refractivity contribution in [3.8, 4) is 5.75 Å². The molecule has 0 radical (unpaired) electrons. The van der Waals surface area contributed by atoms with Gasteiger partial charge in [0.2, 0.25) is 10.0 Å². The quantitative estimate of drug-likeness (QED) is 0.829. The molecule has 1 aromatic rings. The van der Waals surface area contributed by atoms with Crippen molar-refractivity contribution in [2.75, 3.05) is 47.4 Å². The summed E-state index contributed by atoms with van der Waals surface area (Å²) in [5, 5.41) is 9.57. The van der Waals surface area contributed by atoms with E-state index in [0.717, 1.165) is 18.5 Å². The Hall–Kier alpha value is -1.15. The molecule has 136 valence electrons. The minimum Gasteiger partial charge on any atom is -0.495 e. The highest BCUT2D eigenvalue weighted by atomic mass is 32.2. The van der Waals surface area contributed by atoms with Gasteiger partial charge in [-0.15, -0.1) is 0 Å². The number of methoxy groups -OCH3 is 1. The molecule has 0 unspecified atom stereocenters. The topological polar surface area (TPSA) is 70.1 Å². The first-order valence-electron chi connectivity index (χ1n) is 8.18. The van der Waals surface area contributed by atoms with Crippen LogP contribution in [0.2, 0.25) is 0 Å². The van der Waals surface area contributed by atoms with Gasteiger partial charge in [-0.3, -0.25) is 0 Å². The number of aliphatic hydroxyl groups is 1. The SMILES string of the molecule is COc1cc(C)ccc1S(=O)(=O)N1C[C@@H](CN(C)C)C[C@H](CO)C1. The zero-order valence-electron chi connectivity index (χ0n) is 14.9. The predicted molar refractivity (Wildman–Crippen MR) is 93.7 cm³/mol. The first kappa shape index (κ1) is 19.2. The van der Waals surface area contributed by atoms with Crippen LogP contribution in [0.15, 0.2) is 23.1 Å². The molecule has 1 aliphatic rings. The molecule has 0 aliphatic carbocycles. The number of rotatable bonds is 6. The predicted octanol–water partition coefficient (Wildman–Crippen LogP) is 1.18. The monoisotopic (exact) mass is 356 g/mol. The molecule has 2 rings (SSSR count). The first-order valence-corrected chi connectivity index (χ1v) is 9.62. The van der Waals surface area contributed by atoms with E-state index in [1.807, 2.05) is 21.0 Å². The molecule has 1 N–H and O–H groups in total. The Morgan fingerprint density at radius 3 is 2.54 bits per heavy atom. The average molecular weight is 356 g/mol. The van der Waals surface area contributed by atoms with E-state index in [9.17, 15) is 13.5 Å². The molecule has 6 nitrogen and oxygen atoms in total. The Bertz CT molecular complexity index is 661. The lowest BCUT2D eigenvalue weighted by Crippen LogP contribution is -2.47. The summed E-state index contributed by atoms with van der Waals surface area (Å²) in [6, 6.07) is 5.12. The van der Waals surface area contributed by atoms with E-state index >= 15 is 0 Å². The van der Waals surface area contributed by atoms with Gasteiger partial charge in [-0.25, -0.2) is 8.42 Å². The van der Waals surface area contributed by atoms with Crippen molar-refractivity contribution in [2.45, 2.75) is 18.2 Å². The number of hydrogen-bond acceptors (Lipinski definition) is 5. The third kappa shape index (κ3) is 4.27. The largest absolute Gasteiger partial charge is 0.495 e. The van der Waals surface area contributed by atoms with Crippen LogP contribution in [-0.4, -0.2) is 70.2 Å². The standard InChI is InChI=1S/C17H28N2O4S/c1-13-5-6-17(16(7-13)23-4)24(21,22)19-10-14(9-18(2)3)8-15(11-19)12-20/h5-7,14-15,20H,8-12H2,1-4H3/t14-,15+/m1/s1. The van der Waals surface area contributed by atoms with Crippen LogP contribution in [0.5, 0.6) is 5.75 Å². The van der Waals surface area contributed by atoms with Crippen LogP contribution in [0, 0.1) is 18.8 Å². The third-order valence-electron chi connectivity index (χ3n) is 4.41. The summed E-state index contributed by atoms with van der Waals surface area (Å²) in [5.41, 5.74) is 0.947. The number of aliphatic hydroxyl groups excluding tert-OH is 1. The van der Waals surface area contributed by atoms with Gasteiger partial charge in [0.15, 0.2) is 0 Å². The van der Waals surface area contributed by atoms with E-state index in [4.69, 9.17) is 4.74 Å². The minimum absolute atomic E-state index is 0.000974. The summed E-state index contributed by atoms with van der Waals surface area (Å²) in [6.45, 7) is 3.51. The lowest BCUT2D eigenvalue weighted by Gasteiger charge is -2.37. The molecule has 7 heteroatoms. The van der Waals surface area contributed by atoms with Crippen LogP contribution in [0.3, 0.4) is 0 Å². The Morgan fingerprint density at radius 2 is 1.96 bits per heavy atom. The van der Waals surface area contributed by atoms with Crippen molar-refractivity contribution in [1.82, 2.24) is 9.21 Å². The zero-order valence-corrected chi connectivity index (χ0v) is 15.7. The van der Waals surface area contributed by atoms with E-state index in [1.54, 1.807) is 18.2 Å². The highest BCUT2D eigenvalue weighted by molar-refractivity contribution is 7.89. The molecule has 1 aliphatic heterocycles. The van der Waals surface area contributed by atoms with Crippen molar-refractivity contribution in [3.05, 3.63) is 23.8 Å². The Kier molecular flexibility index (Phi) is 6.25. The fourth-order valence-corrected chi connectivity index (χ4v) is 5.10. The van der Waals surface area contributed by atoms with Gasteiger partial charge >= 0.3 is 0 Å². The molecule has 1 saturated heterocycles. The number of piperidine rings is 1. The van der Waals surface area contributed by atoms with Gasteiger partial charge in [0.25, 0.3) is 0 Å². The molecule has 1 fully saturated rings. The zero-order chi connectivity index (χ0) is 17.9. The van der Waals surface area contributed by atoms with Crippen LogP contribution in [-0.2, 0) is 10.0 Å². The first-order chi connectivity index (χ1) is 11.3. The fourth-order valence-electron chi connectivity index (χ4n) is 3.38. The second-order valence-electron chi connectivity index (χ2n) is 6.89. The van der Waals surface area contributed by atoms with E-state index in [-0.39, 0.29) is 23.3 Å². The highest BCUT2D eigenvalue weighted by Gasteiger charge is 2.36. The number of sulfonamides is 1. The molecule has 2 atom stereocenters. The summed E-state index contributed by atoms with van der Waals surface area (Å²) in [5.74, 6) is 0.539. The minimum atomic E-state index is -3.65. The maximum Gasteiger partial charge on any atom is 0.246 e. The number of aryl methyl sites for hydroxylation is 1. The number of nitrogens with zero attached hydrogens (tertiary/aromatic N) is 2. The van der Waals surface area contributed by atoms with Crippen molar-refractivity contribution in [1.29, 1.82) is 0 Å².